The predicted molar refractivity (Wildman–Crippen MR) is 374 cm³/mol. The van der Waals surface area contributed by atoms with Gasteiger partial charge in [0.1, 0.15) is 23.0 Å². The fraction of sp³-hybridized carbons (Fsp3) is 0.143. The highest BCUT2D eigenvalue weighted by Gasteiger charge is 2.43. The minimum atomic E-state index is -0.485. The van der Waals surface area contributed by atoms with E-state index in [1.54, 1.807) is 0 Å². The third kappa shape index (κ3) is 9.02. The second-order valence-electron chi connectivity index (χ2n) is 25.5. The molecule has 2 heterocycles. The van der Waals surface area contributed by atoms with Crippen molar-refractivity contribution >= 4 is 78.1 Å². The summed E-state index contributed by atoms with van der Waals surface area (Å²) in [5.41, 5.74) is 12.8. The molecular weight excluding hydrogens is 1130 g/mol. The lowest BCUT2D eigenvalue weighted by molar-refractivity contribution is 0.0877. The van der Waals surface area contributed by atoms with E-state index in [4.69, 9.17) is 9.47 Å². The summed E-state index contributed by atoms with van der Waals surface area (Å²) in [5.74, 6) is -0.236. The molecule has 0 fully saturated rings. The van der Waals surface area contributed by atoms with Crippen LogP contribution in [-0.2, 0) is 0 Å². The number of rotatable bonds is 14. The molecule has 13 aromatic rings. The van der Waals surface area contributed by atoms with Crippen molar-refractivity contribution < 1.29 is 28.7 Å². The Kier molecular flexibility index (Phi) is 14.1. The molecule has 0 spiro atoms. The Hall–Kier alpha value is -11.0. The SMILES string of the molecule is CC(C)c1cccc(C(C)C)c1N1C(=O)c2ccc3c4c(Oc5c(-c6ccccc6)cccc5-c5ccccc5)cc5c6c(ccc(c7c(Oc8c(-c9ccccc9)cccc8-c8ccccc8)cc(c2c37)C1=O)c64)C(=O)N(c1c(C(C)C)cccc1C(C)C)C5=O. The van der Waals surface area contributed by atoms with Crippen molar-refractivity contribution in [3.63, 3.8) is 0 Å². The molecule has 0 aliphatic carbocycles. The van der Waals surface area contributed by atoms with Crippen LogP contribution in [-0.4, -0.2) is 23.6 Å². The third-order valence-corrected chi connectivity index (χ3v) is 18.7. The van der Waals surface area contributed by atoms with E-state index < -0.39 is 23.6 Å². The molecule has 92 heavy (non-hydrogen) atoms. The van der Waals surface area contributed by atoms with Crippen LogP contribution in [0.25, 0.3) is 87.6 Å². The molecule has 0 N–H and O–H groups in total. The number of hydrogen-bond donors (Lipinski definition) is 0. The van der Waals surface area contributed by atoms with Crippen molar-refractivity contribution in [2.75, 3.05) is 9.80 Å². The minimum absolute atomic E-state index is 0.0367. The van der Waals surface area contributed by atoms with E-state index in [2.05, 4.69) is 104 Å². The highest BCUT2D eigenvalue weighted by molar-refractivity contribution is 6.47. The molecular formula is C84H66N2O6. The quantitative estimate of drug-likeness (QED) is 0.0612. The van der Waals surface area contributed by atoms with Crippen LogP contribution in [0, 0.1) is 0 Å². The van der Waals surface area contributed by atoms with Crippen LogP contribution in [0.5, 0.6) is 23.0 Å². The van der Waals surface area contributed by atoms with Crippen molar-refractivity contribution in [3.05, 3.63) is 275 Å². The van der Waals surface area contributed by atoms with Gasteiger partial charge in [0.05, 0.1) is 22.5 Å². The molecule has 2 aliphatic heterocycles. The summed E-state index contributed by atoms with van der Waals surface area (Å²) in [6, 6.07) is 76.0. The van der Waals surface area contributed by atoms with Crippen LogP contribution in [0.4, 0.5) is 11.4 Å². The highest BCUT2D eigenvalue weighted by atomic mass is 16.5. The molecule has 448 valence electrons. The summed E-state index contributed by atoms with van der Waals surface area (Å²) in [6.07, 6.45) is 0. The van der Waals surface area contributed by atoms with Crippen LogP contribution in [0.1, 0.15) is 143 Å². The molecule has 0 unspecified atom stereocenters. The monoisotopic (exact) mass is 1200 g/mol. The van der Waals surface area contributed by atoms with E-state index in [0.29, 0.717) is 88.6 Å². The van der Waals surface area contributed by atoms with Gasteiger partial charge >= 0.3 is 0 Å². The van der Waals surface area contributed by atoms with Crippen molar-refractivity contribution in [1.29, 1.82) is 0 Å². The molecule has 0 aromatic heterocycles. The normalized spacial score (nSPS) is 13.2. The Labute approximate surface area is 535 Å². The van der Waals surface area contributed by atoms with Crippen LogP contribution < -0.4 is 19.3 Å². The number of benzene rings is 13. The van der Waals surface area contributed by atoms with Crippen molar-refractivity contribution in [1.82, 2.24) is 0 Å². The smallest absolute Gasteiger partial charge is 0.266 e. The maximum Gasteiger partial charge on any atom is 0.266 e. The molecule has 15 rings (SSSR count). The number of amides is 4. The van der Waals surface area contributed by atoms with Crippen molar-refractivity contribution in [2.45, 2.75) is 79.1 Å². The van der Waals surface area contributed by atoms with Gasteiger partial charge in [-0.25, -0.2) is 9.80 Å². The van der Waals surface area contributed by atoms with Gasteiger partial charge in [0.15, 0.2) is 0 Å². The summed E-state index contributed by atoms with van der Waals surface area (Å²) in [4.78, 5) is 67.6. The molecule has 0 bridgehead atoms. The summed E-state index contributed by atoms with van der Waals surface area (Å²) < 4.78 is 15.6. The number of ether oxygens (including phenoxy) is 2. The number of nitrogens with zero attached hydrogens (tertiary/aromatic N) is 2. The van der Waals surface area contributed by atoms with Crippen molar-refractivity contribution in [2.24, 2.45) is 0 Å². The largest absolute Gasteiger partial charge is 0.455 e. The summed E-state index contributed by atoms with van der Waals surface area (Å²) in [6.45, 7) is 16.7. The topological polar surface area (TPSA) is 93.2 Å². The van der Waals surface area contributed by atoms with E-state index in [0.717, 1.165) is 66.8 Å². The first-order valence-electron chi connectivity index (χ1n) is 31.8. The number of hydrogen-bond acceptors (Lipinski definition) is 6. The predicted octanol–water partition coefficient (Wildman–Crippen LogP) is 22.1. The maximum absolute atomic E-state index is 16.4. The maximum atomic E-state index is 16.4. The lowest BCUT2D eigenvalue weighted by Crippen LogP contribution is -2.42. The molecule has 8 heteroatoms. The Morgan fingerprint density at radius 1 is 0.261 bits per heavy atom. The zero-order valence-corrected chi connectivity index (χ0v) is 52.6. The van der Waals surface area contributed by atoms with E-state index in [1.165, 1.54) is 9.80 Å². The van der Waals surface area contributed by atoms with Crippen LogP contribution in [0.2, 0.25) is 0 Å². The Bertz CT molecular complexity index is 4690. The van der Waals surface area contributed by atoms with Gasteiger partial charge < -0.3 is 9.47 Å². The third-order valence-electron chi connectivity index (χ3n) is 18.7. The van der Waals surface area contributed by atoms with Gasteiger partial charge in [-0.2, -0.15) is 0 Å². The van der Waals surface area contributed by atoms with Crippen LogP contribution >= 0.6 is 0 Å². The second-order valence-corrected chi connectivity index (χ2v) is 25.5. The molecule has 0 saturated carbocycles. The van der Waals surface area contributed by atoms with Gasteiger partial charge in [-0.1, -0.05) is 262 Å². The highest BCUT2D eigenvalue weighted by Crippen LogP contribution is 2.56. The number of carbonyl (C=O) groups is 4. The average molecular weight is 1200 g/mol. The number of imide groups is 2. The summed E-state index contributed by atoms with van der Waals surface area (Å²) >= 11 is 0. The Balaban J connectivity index is 1.11. The van der Waals surface area contributed by atoms with Crippen LogP contribution in [0.3, 0.4) is 0 Å². The van der Waals surface area contributed by atoms with Crippen LogP contribution in [0.15, 0.2) is 231 Å². The van der Waals surface area contributed by atoms with E-state index in [1.807, 2.05) is 182 Å². The van der Waals surface area contributed by atoms with E-state index in [-0.39, 0.29) is 34.8 Å². The molecule has 13 aromatic carbocycles. The zero-order chi connectivity index (χ0) is 63.4. The lowest BCUT2D eigenvalue weighted by atomic mass is 9.80. The van der Waals surface area contributed by atoms with Gasteiger partial charge in [0.2, 0.25) is 0 Å². The van der Waals surface area contributed by atoms with Gasteiger partial charge in [-0.05, 0) is 103 Å². The fourth-order valence-corrected chi connectivity index (χ4v) is 14.4. The molecule has 8 nitrogen and oxygen atoms in total. The fourth-order valence-electron chi connectivity index (χ4n) is 14.4. The zero-order valence-electron chi connectivity index (χ0n) is 52.6. The van der Waals surface area contributed by atoms with Crippen molar-refractivity contribution in [3.8, 4) is 67.5 Å². The minimum Gasteiger partial charge on any atom is -0.455 e. The Morgan fingerprint density at radius 2 is 0.533 bits per heavy atom. The first-order chi connectivity index (χ1) is 44.7. The average Bonchev–Trinajstić information content (AvgIpc) is 0.680. The molecule has 0 saturated heterocycles. The molecule has 0 radical (unpaired) electrons. The van der Waals surface area contributed by atoms with E-state index >= 15 is 19.2 Å². The number of carbonyl (C=O) groups excluding carboxylic acids is 4. The first kappa shape index (κ1) is 57.5. The number of para-hydroxylation sites is 4. The molecule has 2 aliphatic rings. The number of anilines is 2. The van der Waals surface area contributed by atoms with Gasteiger partial charge in [0.25, 0.3) is 23.6 Å². The lowest BCUT2D eigenvalue weighted by Gasteiger charge is -2.34. The van der Waals surface area contributed by atoms with E-state index in [9.17, 15) is 0 Å². The van der Waals surface area contributed by atoms with Gasteiger partial charge in [-0.15, -0.1) is 0 Å². The second kappa shape index (κ2) is 22.5. The molecule has 0 atom stereocenters. The standard InChI is InChI=1S/C84H66N2O6/c1-47(2)55-33-21-34-56(48(3)4)77(55)85-81(87)65-43-41-63-74-70(92-80-61(53-29-17-11-18-30-53)39-24-40-62(80)54-31-19-12-20-32-54)46-68-72-66(82(88)86(84(68)90)78-57(49(5)6)35-22-36-58(78)50(7)8)44-42-64(76(72)74)73-69(45-67(83(85)89)71(65)75(63)73)91-79-59(51-25-13-9-14-26-51)37-23-38-60(79)52-27-15-10-16-28-52/h9-50H,1-8H3. The number of fused-ring (bicyclic) bond motifs is 2. The molecule has 4 amide bonds. The van der Waals surface area contributed by atoms with Gasteiger partial charge in [0, 0.05) is 65.7 Å². The summed E-state index contributed by atoms with van der Waals surface area (Å²) in [5, 5.41) is 4.56. The first-order valence-corrected chi connectivity index (χ1v) is 31.8. The van der Waals surface area contributed by atoms with Gasteiger partial charge in [-0.3, -0.25) is 19.2 Å². The summed E-state index contributed by atoms with van der Waals surface area (Å²) in [7, 11) is 0. The Morgan fingerprint density at radius 3 is 0.815 bits per heavy atom.